The monoisotopic (exact) mass is 219 g/mol. The van der Waals surface area contributed by atoms with Gasteiger partial charge in [-0.25, -0.2) is 0 Å². The SMILES string of the molecule is CCCC(=O)CC(=O)[O-].[Zr]. The Hall–Kier alpha value is 0.0231. The second kappa shape index (κ2) is 7.13. The van der Waals surface area contributed by atoms with Crippen LogP contribution in [0.1, 0.15) is 26.2 Å². The van der Waals surface area contributed by atoms with E-state index in [0.717, 1.165) is 0 Å². The van der Waals surface area contributed by atoms with Crippen LogP contribution in [0, 0.1) is 0 Å². The quantitative estimate of drug-likeness (QED) is 0.600. The summed E-state index contributed by atoms with van der Waals surface area (Å²) in [4.78, 5) is 20.2. The molecule has 0 aliphatic heterocycles. The van der Waals surface area contributed by atoms with Gasteiger partial charge in [-0.3, -0.25) is 4.79 Å². The van der Waals surface area contributed by atoms with Crippen LogP contribution < -0.4 is 5.11 Å². The van der Waals surface area contributed by atoms with Crippen molar-refractivity contribution in [1.29, 1.82) is 0 Å². The van der Waals surface area contributed by atoms with E-state index < -0.39 is 12.4 Å². The smallest absolute Gasteiger partial charge is 0.138 e. The van der Waals surface area contributed by atoms with Gasteiger partial charge in [0.25, 0.3) is 0 Å². The zero-order chi connectivity index (χ0) is 7.28. The molecule has 0 heterocycles. The molecule has 0 spiro atoms. The second-order valence-corrected chi connectivity index (χ2v) is 1.84. The van der Waals surface area contributed by atoms with Gasteiger partial charge in [-0.15, -0.1) is 0 Å². The van der Waals surface area contributed by atoms with Gasteiger partial charge in [0.15, 0.2) is 0 Å². The zero-order valence-electron chi connectivity index (χ0n) is 5.85. The third-order valence-electron chi connectivity index (χ3n) is 0.870. The number of carboxylic acids is 1. The maximum atomic E-state index is 10.4. The van der Waals surface area contributed by atoms with Gasteiger partial charge in [0, 0.05) is 45.0 Å². The van der Waals surface area contributed by atoms with Crippen LogP contribution in [0.15, 0.2) is 0 Å². The number of ketones is 1. The van der Waals surface area contributed by atoms with E-state index in [0.29, 0.717) is 12.8 Å². The van der Waals surface area contributed by atoms with Crippen LogP contribution in [-0.4, -0.2) is 11.8 Å². The van der Waals surface area contributed by atoms with Gasteiger partial charge in [-0.2, -0.15) is 0 Å². The summed E-state index contributed by atoms with van der Waals surface area (Å²) >= 11 is 0. The summed E-state index contributed by atoms with van der Waals surface area (Å²) in [7, 11) is 0. The largest absolute Gasteiger partial charge is 0.550 e. The van der Waals surface area contributed by atoms with E-state index in [9.17, 15) is 14.7 Å². The molecule has 56 valence electrons. The third kappa shape index (κ3) is 8.02. The summed E-state index contributed by atoms with van der Waals surface area (Å²) in [5.41, 5.74) is 0. The normalized spacial score (nSPS) is 8.10. The van der Waals surface area contributed by atoms with Gasteiger partial charge in [-0.1, -0.05) is 6.92 Å². The minimum Gasteiger partial charge on any atom is -0.550 e. The first kappa shape index (κ1) is 12.7. The van der Waals surface area contributed by atoms with Crippen LogP contribution in [0.2, 0.25) is 0 Å². The van der Waals surface area contributed by atoms with Crippen molar-refractivity contribution in [2.45, 2.75) is 26.2 Å². The van der Waals surface area contributed by atoms with Crippen molar-refractivity contribution in [2.24, 2.45) is 0 Å². The number of hydrogen-bond acceptors (Lipinski definition) is 3. The van der Waals surface area contributed by atoms with Crippen molar-refractivity contribution in [3.8, 4) is 0 Å². The van der Waals surface area contributed by atoms with E-state index in [1.54, 1.807) is 0 Å². The molecule has 0 aromatic carbocycles. The first-order valence-electron chi connectivity index (χ1n) is 2.88. The summed E-state index contributed by atoms with van der Waals surface area (Å²) in [5, 5.41) is 9.75. The van der Waals surface area contributed by atoms with Gasteiger partial charge >= 0.3 is 0 Å². The van der Waals surface area contributed by atoms with Crippen LogP contribution in [0.4, 0.5) is 0 Å². The number of aliphatic carboxylic acids is 1. The zero-order valence-corrected chi connectivity index (χ0v) is 8.30. The molecule has 0 amide bonds. The molecule has 4 heteroatoms. The van der Waals surface area contributed by atoms with Crippen molar-refractivity contribution in [1.82, 2.24) is 0 Å². The van der Waals surface area contributed by atoms with Crippen molar-refractivity contribution in [3.05, 3.63) is 0 Å². The molecule has 0 fully saturated rings. The number of rotatable bonds is 4. The summed E-state index contributed by atoms with van der Waals surface area (Å²) in [5.74, 6) is -1.54. The van der Waals surface area contributed by atoms with Crippen molar-refractivity contribution < 1.29 is 40.9 Å². The number of carbonyl (C=O) groups is 2. The van der Waals surface area contributed by atoms with Gasteiger partial charge in [0.05, 0.1) is 0 Å². The van der Waals surface area contributed by atoms with E-state index in [1.807, 2.05) is 6.92 Å². The number of Topliss-reactive ketones (excluding diaryl/α,β-unsaturated/α-hetero) is 1. The molecule has 0 unspecified atom stereocenters. The van der Waals surface area contributed by atoms with Crippen molar-refractivity contribution >= 4 is 11.8 Å². The molecular formula is C6H9O3Zr-. The average molecular weight is 220 g/mol. The first-order chi connectivity index (χ1) is 4.16. The second-order valence-electron chi connectivity index (χ2n) is 1.84. The van der Waals surface area contributed by atoms with E-state index in [1.165, 1.54) is 0 Å². The Kier molecular flexibility index (Phi) is 9.04. The van der Waals surface area contributed by atoms with Gasteiger partial charge in [-0.05, 0) is 6.42 Å². The van der Waals surface area contributed by atoms with E-state index >= 15 is 0 Å². The van der Waals surface area contributed by atoms with Crippen molar-refractivity contribution in [3.63, 3.8) is 0 Å². The molecule has 0 atom stereocenters. The standard InChI is InChI=1S/C6H10O3.Zr/c1-2-3-5(7)4-6(8)9;/h2-4H2,1H3,(H,8,9);/p-1. The fourth-order valence-corrected chi connectivity index (χ4v) is 0.528. The molecule has 0 aromatic heterocycles. The van der Waals surface area contributed by atoms with Gasteiger partial charge in [0.1, 0.15) is 5.78 Å². The minimum absolute atomic E-state index is 0. The molecular weight excluding hydrogens is 211 g/mol. The van der Waals surface area contributed by atoms with Gasteiger partial charge < -0.3 is 9.90 Å². The van der Waals surface area contributed by atoms with E-state index in [2.05, 4.69) is 0 Å². The first-order valence-corrected chi connectivity index (χ1v) is 2.88. The molecule has 10 heavy (non-hydrogen) atoms. The van der Waals surface area contributed by atoms with Gasteiger partial charge in [0.2, 0.25) is 0 Å². The molecule has 0 aromatic rings. The molecule has 0 radical (unpaired) electrons. The van der Waals surface area contributed by atoms with Crippen molar-refractivity contribution in [2.75, 3.05) is 0 Å². The Morgan fingerprint density at radius 2 is 1.90 bits per heavy atom. The summed E-state index contributed by atoms with van der Waals surface area (Å²) in [6, 6.07) is 0. The third-order valence-corrected chi connectivity index (χ3v) is 0.870. The van der Waals surface area contributed by atoms with Crippen LogP contribution >= 0.6 is 0 Å². The summed E-state index contributed by atoms with van der Waals surface area (Å²) in [6.45, 7) is 1.83. The topological polar surface area (TPSA) is 57.2 Å². The van der Waals surface area contributed by atoms with Crippen LogP contribution in [-0.2, 0) is 35.8 Å². The molecule has 0 rings (SSSR count). The average Bonchev–Trinajstić information content (AvgIpc) is 1.63. The number of carbonyl (C=O) groups excluding carboxylic acids is 2. The van der Waals surface area contributed by atoms with Crippen LogP contribution in [0.5, 0.6) is 0 Å². The summed E-state index contributed by atoms with van der Waals surface area (Å²) in [6.07, 6.45) is 0.605. The van der Waals surface area contributed by atoms with E-state index in [4.69, 9.17) is 0 Å². The molecule has 0 aliphatic rings. The molecule has 0 saturated carbocycles. The molecule has 3 nitrogen and oxygen atoms in total. The van der Waals surface area contributed by atoms with Crippen LogP contribution in [0.25, 0.3) is 0 Å². The Morgan fingerprint density at radius 3 is 2.20 bits per heavy atom. The maximum absolute atomic E-state index is 10.4. The Labute approximate surface area is 78.9 Å². The minimum atomic E-state index is -1.28. The Bertz CT molecular complexity index is 122. The maximum Gasteiger partial charge on any atom is 0.138 e. The Balaban J connectivity index is 0. The van der Waals surface area contributed by atoms with Crippen LogP contribution in [0.3, 0.4) is 0 Å². The molecule has 0 N–H and O–H groups in total. The summed E-state index contributed by atoms with van der Waals surface area (Å²) < 4.78 is 0. The number of carboxylic acid groups (broad SMARTS) is 1. The molecule has 0 aliphatic carbocycles. The fraction of sp³-hybridized carbons (Fsp3) is 0.667. The number of hydrogen-bond donors (Lipinski definition) is 0. The van der Waals surface area contributed by atoms with E-state index in [-0.39, 0.29) is 32.0 Å². The molecule has 0 bridgehead atoms. The Morgan fingerprint density at radius 1 is 1.40 bits per heavy atom. The predicted molar refractivity (Wildman–Crippen MR) is 29.5 cm³/mol. The predicted octanol–water partition coefficient (Wildman–Crippen LogP) is -0.507. The molecule has 0 saturated heterocycles. The fourth-order valence-electron chi connectivity index (χ4n) is 0.528.